The van der Waals surface area contributed by atoms with Crippen molar-refractivity contribution < 1.29 is 31.1 Å². The van der Waals surface area contributed by atoms with Gasteiger partial charge in [-0.1, -0.05) is 136 Å². The number of benzene rings is 4. The number of aromatic nitrogens is 1. The van der Waals surface area contributed by atoms with Crippen molar-refractivity contribution in [3.05, 3.63) is 113 Å². The van der Waals surface area contributed by atoms with E-state index in [0.29, 0.717) is 11.5 Å². The second-order valence-electron chi connectivity index (χ2n) is 28.0. The summed E-state index contributed by atoms with van der Waals surface area (Å²) in [5.41, 5.74) is 13.1. The monoisotopic (exact) mass is 1070 g/mol. The van der Waals surface area contributed by atoms with Gasteiger partial charge in [0.15, 0.2) is 0 Å². The van der Waals surface area contributed by atoms with Gasteiger partial charge in [-0.25, -0.2) is 4.98 Å². The van der Waals surface area contributed by atoms with E-state index in [9.17, 15) is 10.2 Å². The van der Waals surface area contributed by atoms with Gasteiger partial charge in [0.25, 0.3) is 0 Å². The molecular formula is C65H81Cl2NO2Zr. The molecule has 0 radical (unpaired) electrons. The molecule has 71 heavy (non-hydrogen) atoms. The van der Waals surface area contributed by atoms with Gasteiger partial charge in [0.2, 0.25) is 0 Å². The number of aromatic hydroxyl groups is 2. The summed E-state index contributed by atoms with van der Waals surface area (Å²) in [6, 6.07) is 33.4. The maximum absolute atomic E-state index is 12.9. The molecule has 1 aromatic heterocycles. The number of rotatable bonds is 10. The van der Waals surface area contributed by atoms with Crippen molar-refractivity contribution in [2.24, 2.45) is 46.3 Å². The summed E-state index contributed by atoms with van der Waals surface area (Å²) in [6.45, 7) is 23.8. The molecule has 0 aliphatic heterocycles. The Balaban J connectivity index is 0.00000189. The van der Waals surface area contributed by atoms with Crippen molar-refractivity contribution >= 4 is 17.0 Å². The van der Waals surface area contributed by atoms with Gasteiger partial charge in [0.1, 0.15) is 11.5 Å². The van der Waals surface area contributed by atoms with Crippen LogP contribution in [-0.4, -0.2) is 15.2 Å². The van der Waals surface area contributed by atoms with Crippen LogP contribution in [-0.2, 0) is 42.5 Å². The molecule has 8 saturated carbocycles. The summed E-state index contributed by atoms with van der Waals surface area (Å²) in [5, 5.41) is 25.8. The van der Waals surface area contributed by atoms with Crippen molar-refractivity contribution in [1.29, 1.82) is 0 Å². The standard InChI is InChI=1S/C65H81NO2.2ClH.Zr/c1-60(2,3)38-62(7,8)46-28-52(58(67)54(30-46)64-32-40-22-41(33-64)24-42(23-40)34-64)48-16-11-13-18-50(48)56-20-15-21-57(66-56)51-19-14-12-17-49(51)53-29-47(63(9,10)39-61(4,5)6)31-55(59(53)68)65-35-43-25-44(36-65)27-45(26-43)37-65;;;/h11-21,28-31,40-45,67-68H,22-27,32-39H2,1-10H3;2*1H;/q;;;+2/p-2. The summed E-state index contributed by atoms with van der Waals surface area (Å²) in [7, 11) is 9.87. The zero-order valence-electron chi connectivity index (χ0n) is 44.6. The summed E-state index contributed by atoms with van der Waals surface area (Å²) in [5.74, 6) is 5.63. The molecule has 0 saturated heterocycles. The predicted molar refractivity (Wildman–Crippen MR) is 295 cm³/mol. The number of hydrogen-bond acceptors (Lipinski definition) is 3. The van der Waals surface area contributed by atoms with E-state index in [4.69, 9.17) is 22.0 Å². The van der Waals surface area contributed by atoms with Crippen molar-refractivity contribution in [1.82, 2.24) is 4.98 Å². The van der Waals surface area contributed by atoms with E-state index in [1.54, 1.807) is 0 Å². The van der Waals surface area contributed by atoms with Gasteiger partial charge in [-0.2, -0.15) is 0 Å². The fraction of sp³-hybridized carbons (Fsp3) is 0.554. The van der Waals surface area contributed by atoms with Crippen LogP contribution in [0.1, 0.15) is 181 Å². The first-order valence-corrected chi connectivity index (χ1v) is 33.7. The topological polar surface area (TPSA) is 53.4 Å². The van der Waals surface area contributed by atoms with Gasteiger partial charge in [0, 0.05) is 33.4 Å². The van der Waals surface area contributed by atoms with Crippen LogP contribution in [0.3, 0.4) is 0 Å². The number of halogens is 2. The molecule has 0 unspecified atom stereocenters. The average molecular weight is 1070 g/mol. The van der Waals surface area contributed by atoms with E-state index in [-0.39, 0.29) is 32.5 Å². The van der Waals surface area contributed by atoms with E-state index in [1.807, 2.05) is 0 Å². The van der Waals surface area contributed by atoms with Gasteiger partial charge < -0.3 is 10.2 Å². The third kappa shape index (κ3) is 10.2. The Morgan fingerprint density at radius 2 is 0.746 bits per heavy atom. The molecular weight excluding hydrogens is 989 g/mol. The second kappa shape index (κ2) is 19.0. The minimum atomic E-state index is -0.826. The quantitative estimate of drug-likeness (QED) is 0.147. The third-order valence-corrected chi connectivity index (χ3v) is 18.7. The zero-order chi connectivity index (χ0) is 50.5. The normalized spacial score (nSPS) is 27.7. The Labute approximate surface area is 446 Å². The number of hydrogen-bond donors (Lipinski definition) is 2. The van der Waals surface area contributed by atoms with Crippen LogP contribution in [0, 0.1) is 46.3 Å². The number of nitrogens with zero attached hydrogens (tertiary/aromatic N) is 1. The third-order valence-electron chi connectivity index (χ3n) is 18.7. The van der Waals surface area contributed by atoms with Gasteiger partial charge in [-0.3, -0.25) is 0 Å². The van der Waals surface area contributed by atoms with E-state index in [0.717, 1.165) is 93.1 Å². The predicted octanol–water partition coefficient (Wildman–Crippen LogP) is 18.9. The van der Waals surface area contributed by atoms with Crippen LogP contribution >= 0.6 is 17.0 Å². The zero-order valence-corrected chi connectivity index (χ0v) is 48.6. The Kier molecular flexibility index (Phi) is 13.8. The molecule has 1 heterocycles. The number of pyridine rings is 1. The maximum atomic E-state index is 12.9. The molecule has 2 N–H and O–H groups in total. The first-order valence-electron chi connectivity index (χ1n) is 27.4. The molecule has 0 spiro atoms. The number of phenolic OH excluding ortho intramolecular Hbond substituents is 2. The second-order valence-corrected chi connectivity index (χ2v) is 31.8. The van der Waals surface area contributed by atoms with Crippen LogP contribution in [0.2, 0.25) is 0 Å². The van der Waals surface area contributed by atoms with Crippen LogP contribution in [0.25, 0.3) is 44.8 Å². The van der Waals surface area contributed by atoms with Gasteiger partial charge >= 0.3 is 37.9 Å². The van der Waals surface area contributed by atoms with Gasteiger partial charge in [-0.05, 0) is 204 Å². The van der Waals surface area contributed by atoms with Crippen LogP contribution in [0.15, 0.2) is 91.0 Å². The van der Waals surface area contributed by atoms with Crippen molar-refractivity contribution in [3.63, 3.8) is 0 Å². The summed E-state index contributed by atoms with van der Waals surface area (Å²) in [4.78, 5) is 5.57. The molecule has 0 amide bonds. The summed E-state index contributed by atoms with van der Waals surface area (Å²) < 4.78 is 0. The van der Waals surface area contributed by atoms with Crippen LogP contribution in [0.5, 0.6) is 11.5 Å². The van der Waals surface area contributed by atoms with Gasteiger partial charge in [0.05, 0.1) is 11.4 Å². The molecule has 5 aromatic rings. The molecule has 8 aliphatic rings. The van der Waals surface area contributed by atoms with E-state index < -0.39 is 20.8 Å². The Hall–Kier alpha value is -2.91. The van der Waals surface area contributed by atoms with E-state index >= 15 is 0 Å². The molecule has 8 fully saturated rings. The average Bonchev–Trinajstić information content (AvgIpc) is 3.27. The first kappa shape index (κ1) is 51.6. The van der Waals surface area contributed by atoms with E-state index in [1.165, 1.54) is 99.3 Å². The molecule has 0 atom stereocenters. The number of phenols is 2. The van der Waals surface area contributed by atoms with Crippen molar-refractivity contribution in [2.45, 2.75) is 181 Å². The van der Waals surface area contributed by atoms with Crippen molar-refractivity contribution in [3.8, 4) is 56.3 Å². The molecule has 3 nitrogen and oxygen atoms in total. The molecule has 8 aliphatic carbocycles. The Bertz CT molecular complexity index is 2540. The van der Waals surface area contributed by atoms with Crippen molar-refractivity contribution in [2.75, 3.05) is 0 Å². The van der Waals surface area contributed by atoms with E-state index in [2.05, 4.69) is 160 Å². The molecule has 4 aromatic carbocycles. The molecule has 8 bridgehead atoms. The fourth-order valence-corrected chi connectivity index (χ4v) is 17.6. The fourth-order valence-electron chi connectivity index (χ4n) is 17.6. The Morgan fingerprint density at radius 3 is 1.04 bits per heavy atom. The van der Waals surface area contributed by atoms with Crippen LogP contribution in [0.4, 0.5) is 0 Å². The van der Waals surface area contributed by atoms with Gasteiger partial charge in [-0.15, -0.1) is 0 Å². The minimum absolute atomic E-state index is 0.0403. The van der Waals surface area contributed by atoms with Crippen LogP contribution < -0.4 is 0 Å². The SMILES string of the molecule is CC(C)(C)CC(C)(C)c1cc(-c2ccccc2-c2cccc(-c3ccccc3-c3cc(C(C)(C)CC(C)(C)C)cc(C45CC6CC(CC(C6)C4)C5)c3O)n2)c(O)c(C23CC4CC(CC(C4)C2)C3)c1.[Cl][Zr][Cl]. The molecule has 6 heteroatoms. The first-order chi connectivity index (χ1) is 33.5. The molecule has 13 rings (SSSR count). The summed E-state index contributed by atoms with van der Waals surface area (Å²) >= 11 is -0.826. The summed E-state index contributed by atoms with van der Waals surface area (Å²) in [6.07, 6.45) is 17.6. The Morgan fingerprint density at radius 1 is 0.451 bits per heavy atom. The molecule has 376 valence electrons.